The number of hydrogen-bond donors (Lipinski definition) is 0. The summed E-state index contributed by atoms with van der Waals surface area (Å²) < 4.78 is 11.4. The van der Waals surface area contributed by atoms with Gasteiger partial charge in [-0.15, -0.1) is 0 Å². The highest BCUT2D eigenvalue weighted by molar-refractivity contribution is 4.89. The highest BCUT2D eigenvalue weighted by Crippen LogP contribution is 2.32. The number of rotatable bonds is 2. The molecule has 0 amide bonds. The van der Waals surface area contributed by atoms with E-state index in [2.05, 4.69) is 51.3 Å². The molecule has 2 heterocycles. The summed E-state index contributed by atoms with van der Waals surface area (Å²) >= 11 is 0. The number of ether oxygens (including phenoxy) is 2. The van der Waals surface area contributed by atoms with Gasteiger partial charge in [-0.05, 0) is 10.8 Å². The first-order valence-corrected chi connectivity index (χ1v) is 7.33. The van der Waals surface area contributed by atoms with Crippen LogP contribution in [0.3, 0.4) is 0 Å². The molecule has 19 heavy (non-hydrogen) atoms. The second-order valence-corrected chi connectivity index (χ2v) is 8.08. The lowest BCUT2D eigenvalue weighted by molar-refractivity contribution is 0.0203. The Kier molecular flexibility index (Phi) is 4.26. The first kappa shape index (κ1) is 15.2. The third-order valence-corrected chi connectivity index (χ3v) is 4.31. The van der Waals surface area contributed by atoms with E-state index < -0.39 is 0 Å². The van der Waals surface area contributed by atoms with Crippen molar-refractivity contribution in [1.82, 2.24) is 9.80 Å². The normalized spacial score (nSPS) is 31.3. The molecular weight excluding hydrogens is 240 g/mol. The maximum Gasteiger partial charge on any atom is 0.100 e. The van der Waals surface area contributed by atoms with Crippen LogP contribution in [0.5, 0.6) is 0 Å². The van der Waals surface area contributed by atoms with Gasteiger partial charge in [0, 0.05) is 12.1 Å². The van der Waals surface area contributed by atoms with Crippen molar-refractivity contribution in [3.05, 3.63) is 0 Å². The van der Waals surface area contributed by atoms with Gasteiger partial charge in [0.05, 0.1) is 19.9 Å². The van der Waals surface area contributed by atoms with Gasteiger partial charge in [0.1, 0.15) is 13.5 Å². The van der Waals surface area contributed by atoms with Crippen molar-refractivity contribution in [3.63, 3.8) is 0 Å². The second-order valence-electron chi connectivity index (χ2n) is 8.08. The second kappa shape index (κ2) is 5.32. The first-order chi connectivity index (χ1) is 8.69. The molecule has 2 fully saturated rings. The Balaban J connectivity index is 2.00. The minimum absolute atomic E-state index is 0.258. The van der Waals surface area contributed by atoms with Crippen molar-refractivity contribution in [2.45, 2.75) is 53.6 Å². The van der Waals surface area contributed by atoms with Crippen LogP contribution in [-0.2, 0) is 9.47 Å². The Bertz CT molecular complexity index is 276. The van der Waals surface area contributed by atoms with Crippen molar-refractivity contribution in [2.75, 3.05) is 33.3 Å². The largest absolute Gasteiger partial charge is 0.364 e. The third kappa shape index (κ3) is 3.48. The van der Waals surface area contributed by atoms with Crippen molar-refractivity contribution in [2.24, 2.45) is 10.8 Å². The molecule has 0 aromatic carbocycles. The van der Waals surface area contributed by atoms with Gasteiger partial charge in [-0.1, -0.05) is 41.5 Å². The summed E-state index contributed by atoms with van der Waals surface area (Å²) in [7, 11) is 0. The van der Waals surface area contributed by atoms with Gasteiger partial charge in [-0.25, -0.2) is 0 Å². The summed E-state index contributed by atoms with van der Waals surface area (Å²) in [6, 6.07) is 0.988. The average molecular weight is 270 g/mol. The molecule has 0 saturated carbocycles. The molecule has 4 heteroatoms. The van der Waals surface area contributed by atoms with Crippen LogP contribution in [0.2, 0.25) is 0 Å². The molecule has 2 aliphatic rings. The Morgan fingerprint density at radius 3 is 1.47 bits per heavy atom. The molecule has 0 radical (unpaired) electrons. The summed E-state index contributed by atoms with van der Waals surface area (Å²) in [5.41, 5.74) is 0.516. The van der Waals surface area contributed by atoms with Crippen molar-refractivity contribution in [3.8, 4) is 0 Å². The monoisotopic (exact) mass is 270 g/mol. The van der Waals surface area contributed by atoms with E-state index in [0.717, 1.165) is 33.3 Å². The van der Waals surface area contributed by atoms with Crippen LogP contribution in [0.25, 0.3) is 0 Å². The summed E-state index contributed by atoms with van der Waals surface area (Å²) in [6.45, 7) is 17.9. The van der Waals surface area contributed by atoms with E-state index in [4.69, 9.17) is 9.47 Å². The van der Waals surface area contributed by atoms with Crippen LogP contribution in [0.15, 0.2) is 0 Å². The lowest BCUT2D eigenvalue weighted by Gasteiger charge is -2.39. The third-order valence-electron chi connectivity index (χ3n) is 4.31. The van der Waals surface area contributed by atoms with E-state index >= 15 is 0 Å². The van der Waals surface area contributed by atoms with Gasteiger partial charge in [0.2, 0.25) is 0 Å². The van der Waals surface area contributed by atoms with Crippen molar-refractivity contribution < 1.29 is 9.47 Å². The molecule has 0 aliphatic carbocycles. The molecule has 0 bridgehead atoms. The minimum Gasteiger partial charge on any atom is -0.364 e. The Morgan fingerprint density at radius 2 is 1.16 bits per heavy atom. The standard InChI is InChI=1S/C15H30N2O2/c1-14(2,3)12-7-18-10-16(12)9-17-11-19-8-13(17)15(4,5)6/h12-13H,7-11H2,1-6H3/t12-,13-/m1/s1. The van der Waals surface area contributed by atoms with Crippen LogP contribution in [0.4, 0.5) is 0 Å². The van der Waals surface area contributed by atoms with Crippen LogP contribution in [0.1, 0.15) is 41.5 Å². The summed E-state index contributed by atoms with van der Waals surface area (Å²) in [5, 5.41) is 0. The van der Waals surface area contributed by atoms with Crippen LogP contribution in [0, 0.1) is 10.8 Å². The number of hydrogen-bond acceptors (Lipinski definition) is 4. The van der Waals surface area contributed by atoms with Gasteiger partial charge in [-0.3, -0.25) is 9.80 Å². The van der Waals surface area contributed by atoms with Gasteiger partial charge in [-0.2, -0.15) is 0 Å². The van der Waals surface area contributed by atoms with E-state index in [0.29, 0.717) is 12.1 Å². The molecule has 2 rings (SSSR count). The lowest BCUT2D eigenvalue weighted by Crippen LogP contribution is -2.50. The van der Waals surface area contributed by atoms with Gasteiger partial charge >= 0.3 is 0 Å². The average Bonchev–Trinajstić information content (AvgIpc) is 2.83. The van der Waals surface area contributed by atoms with Crippen molar-refractivity contribution in [1.29, 1.82) is 0 Å². The van der Waals surface area contributed by atoms with E-state index in [9.17, 15) is 0 Å². The van der Waals surface area contributed by atoms with Gasteiger partial charge in [0.15, 0.2) is 0 Å². The molecular formula is C15H30N2O2. The van der Waals surface area contributed by atoms with E-state index in [-0.39, 0.29) is 10.8 Å². The molecule has 112 valence electrons. The quantitative estimate of drug-likeness (QED) is 0.769. The molecule has 0 unspecified atom stereocenters. The number of nitrogens with zero attached hydrogens (tertiary/aromatic N) is 2. The van der Waals surface area contributed by atoms with Gasteiger partial charge in [0.25, 0.3) is 0 Å². The van der Waals surface area contributed by atoms with E-state index in [1.165, 1.54) is 0 Å². The Morgan fingerprint density at radius 1 is 0.789 bits per heavy atom. The van der Waals surface area contributed by atoms with Crippen molar-refractivity contribution >= 4 is 0 Å². The molecule has 0 spiro atoms. The first-order valence-electron chi connectivity index (χ1n) is 7.33. The predicted octanol–water partition coefficient (Wildman–Crippen LogP) is 2.35. The molecule has 2 saturated heterocycles. The fourth-order valence-corrected chi connectivity index (χ4v) is 3.06. The summed E-state index contributed by atoms with van der Waals surface area (Å²) in [5.74, 6) is 0. The fraction of sp³-hybridized carbons (Fsp3) is 1.00. The lowest BCUT2D eigenvalue weighted by atomic mass is 9.86. The smallest absolute Gasteiger partial charge is 0.100 e. The molecule has 0 aromatic rings. The predicted molar refractivity (Wildman–Crippen MR) is 76.7 cm³/mol. The molecule has 0 aromatic heterocycles. The maximum absolute atomic E-state index is 5.69. The SMILES string of the molecule is CC(C)(C)[C@H]1COCN1CN1COC[C@@H]1C(C)(C)C. The summed E-state index contributed by atoms with van der Waals surface area (Å²) in [6.07, 6.45) is 0. The Labute approximate surface area is 118 Å². The molecule has 2 aliphatic heterocycles. The maximum atomic E-state index is 5.69. The highest BCUT2D eigenvalue weighted by Gasteiger charge is 2.40. The zero-order valence-electron chi connectivity index (χ0n) is 13.4. The zero-order valence-corrected chi connectivity index (χ0v) is 13.4. The van der Waals surface area contributed by atoms with Gasteiger partial charge < -0.3 is 9.47 Å². The summed E-state index contributed by atoms with van der Waals surface area (Å²) in [4.78, 5) is 4.90. The zero-order chi connectivity index (χ0) is 14.3. The van der Waals surface area contributed by atoms with Crippen LogP contribution < -0.4 is 0 Å². The molecule has 4 nitrogen and oxygen atoms in total. The van der Waals surface area contributed by atoms with E-state index in [1.807, 2.05) is 0 Å². The Hall–Kier alpha value is -0.160. The highest BCUT2D eigenvalue weighted by atomic mass is 16.5. The molecule has 2 atom stereocenters. The molecule has 0 N–H and O–H groups in total. The minimum atomic E-state index is 0.258. The topological polar surface area (TPSA) is 24.9 Å². The fourth-order valence-electron chi connectivity index (χ4n) is 3.06. The van der Waals surface area contributed by atoms with Crippen LogP contribution >= 0.6 is 0 Å². The van der Waals surface area contributed by atoms with Crippen LogP contribution in [-0.4, -0.2) is 55.2 Å². The van der Waals surface area contributed by atoms with E-state index in [1.54, 1.807) is 0 Å².